The van der Waals surface area contributed by atoms with Crippen molar-refractivity contribution >= 4 is 5.71 Å². The summed E-state index contributed by atoms with van der Waals surface area (Å²) in [5.74, 6) is 0.439. The van der Waals surface area contributed by atoms with Gasteiger partial charge in [-0.1, -0.05) is 5.16 Å². The number of hydrogen-bond donors (Lipinski definition) is 0. The minimum absolute atomic E-state index is 0.314. The highest BCUT2D eigenvalue weighted by molar-refractivity contribution is 5.85. The molecule has 56 valence electrons. The van der Waals surface area contributed by atoms with Crippen LogP contribution in [0.15, 0.2) is 5.16 Å². The topological polar surface area (TPSA) is 30.8 Å². The number of rotatable bonds is 0. The van der Waals surface area contributed by atoms with E-state index in [0.29, 0.717) is 12.0 Å². The van der Waals surface area contributed by atoms with E-state index in [1.165, 1.54) is 0 Å². The van der Waals surface area contributed by atoms with E-state index < -0.39 is 0 Å². The van der Waals surface area contributed by atoms with Crippen molar-refractivity contribution < 1.29 is 9.57 Å². The molecule has 0 bridgehead atoms. The van der Waals surface area contributed by atoms with Gasteiger partial charge in [0.05, 0.1) is 24.8 Å². The van der Waals surface area contributed by atoms with E-state index in [2.05, 4.69) is 5.16 Å². The van der Waals surface area contributed by atoms with Crippen LogP contribution in [0.1, 0.15) is 13.3 Å². The summed E-state index contributed by atoms with van der Waals surface area (Å²) in [5, 5.41) is 3.92. The van der Waals surface area contributed by atoms with Gasteiger partial charge in [-0.05, 0) is 6.92 Å². The summed E-state index contributed by atoms with van der Waals surface area (Å²) in [4.78, 5) is 5.18. The zero-order valence-corrected chi connectivity index (χ0v) is 6.04. The lowest BCUT2D eigenvalue weighted by molar-refractivity contribution is -0.0315. The van der Waals surface area contributed by atoms with Gasteiger partial charge >= 0.3 is 0 Å². The molecule has 0 amide bonds. The van der Waals surface area contributed by atoms with Crippen LogP contribution in [0.5, 0.6) is 0 Å². The molecule has 0 unspecified atom stereocenters. The number of fused-ring (bicyclic) bond motifs is 1. The van der Waals surface area contributed by atoms with Gasteiger partial charge in [0.2, 0.25) is 0 Å². The lowest BCUT2D eigenvalue weighted by atomic mass is 9.95. The van der Waals surface area contributed by atoms with Gasteiger partial charge in [-0.3, -0.25) is 0 Å². The molecule has 2 aliphatic heterocycles. The van der Waals surface area contributed by atoms with Gasteiger partial charge in [0.15, 0.2) is 0 Å². The summed E-state index contributed by atoms with van der Waals surface area (Å²) in [6.07, 6.45) is 1.31. The second kappa shape index (κ2) is 2.23. The maximum atomic E-state index is 5.29. The molecule has 0 saturated carbocycles. The fourth-order valence-electron chi connectivity index (χ4n) is 1.45. The van der Waals surface area contributed by atoms with E-state index >= 15 is 0 Å². The molecule has 0 aromatic heterocycles. The Morgan fingerprint density at radius 1 is 1.60 bits per heavy atom. The molecule has 0 aromatic rings. The molecule has 2 aliphatic rings. The average molecular weight is 141 g/mol. The molecule has 2 atom stereocenters. The Kier molecular flexibility index (Phi) is 1.38. The standard InChI is InChI=1S/C7H11NO2/c1-5-6-4-9-3-2-7(6)10-8-5/h6-7H,2-4H2,1H3/t6-,7-/m1/s1. The molecule has 0 aliphatic carbocycles. The lowest BCUT2D eigenvalue weighted by Crippen LogP contribution is -2.32. The zero-order valence-electron chi connectivity index (χ0n) is 6.04. The lowest BCUT2D eigenvalue weighted by Gasteiger charge is -2.22. The second-order valence-electron chi connectivity index (χ2n) is 2.85. The molecule has 1 fully saturated rings. The van der Waals surface area contributed by atoms with E-state index in [1.54, 1.807) is 0 Å². The first-order valence-corrected chi connectivity index (χ1v) is 3.66. The van der Waals surface area contributed by atoms with Crippen LogP contribution in [0.2, 0.25) is 0 Å². The number of nitrogens with zero attached hydrogens (tertiary/aromatic N) is 1. The van der Waals surface area contributed by atoms with E-state index in [1.807, 2.05) is 6.92 Å². The van der Waals surface area contributed by atoms with Crippen molar-refractivity contribution in [2.45, 2.75) is 19.4 Å². The maximum Gasteiger partial charge on any atom is 0.140 e. The van der Waals surface area contributed by atoms with Crippen LogP contribution < -0.4 is 0 Å². The third-order valence-corrected chi connectivity index (χ3v) is 2.16. The summed E-state index contributed by atoms with van der Waals surface area (Å²) in [5.41, 5.74) is 1.09. The Morgan fingerprint density at radius 3 is 3.30 bits per heavy atom. The Hall–Kier alpha value is -0.570. The first-order chi connectivity index (χ1) is 4.88. The Morgan fingerprint density at radius 2 is 2.50 bits per heavy atom. The Bertz CT molecular complexity index is 167. The molecule has 2 rings (SSSR count). The van der Waals surface area contributed by atoms with Crippen molar-refractivity contribution in [1.82, 2.24) is 0 Å². The molecule has 2 heterocycles. The molecule has 3 nitrogen and oxygen atoms in total. The second-order valence-corrected chi connectivity index (χ2v) is 2.85. The molecule has 0 radical (unpaired) electrons. The van der Waals surface area contributed by atoms with Crippen LogP contribution in [0.4, 0.5) is 0 Å². The van der Waals surface area contributed by atoms with Crippen LogP contribution in [-0.2, 0) is 9.57 Å². The predicted octanol–water partition coefficient (Wildman–Crippen LogP) is 0.798. The van der Waals surface area contributed by atoms with E-state index in [4.69, 9.17) is 9.57 Å². The maximum absolute atomic E-state index is 5.29. The smallest absolute Gasteiger partial charge is 0.140 e. The van der Waals surface area contributed by atoms with Crippen molar-refractivity contribution in [1.29, 1.82) is 0 Å². The molecule has 10 heavy (non-hydrogen) atoms. The molecule has 0 aromatic carbocycles. The number of hydrogen-bond acceptors (Lipinski definition) is 3. The summed E-state index contributed by atoms with van der Waals surface area (Å²) in [7, 11) is 0. The third kappa shape index (κ3) is 0.814. The molecular weight excluding hydrogens is 130 g/mol. The minimum Gasteiger partial charge on any atom is -0.392 e. The zero-order chi connectivity index (χ0) is 6.97. The van der Waals surface area contributed by atoms with Crippen molar-refractivity contribution in [2.75, 3.05) is 13.2 Å². The fourth-order valence-corrected chi connectivity index (χ4v) is 1.45. The Balaban J connectivity index is 2.08. The first kappa shape index (κ1) is 6.16. The van der Waals surface area contributed by atoms with E-state index in [-0.39, 0.29) is 0 Å². The van der Waals surface area contributed by atoms with Gasteiger partial charge in [-0.15, -0.1) is 0 Å². The van der Waals surface area contributed by atoms with Crippen LogP contribution in [0, 0.1) is 5.92 Å². The molecular formula is C7H11NO2. The largest absolute Gasteiger partial charge is 0.392 e. The molecule has 3 heteroatoms. The first-order valence-electron chi connectivity index (χ1n) is 3.66. The monoisotopic (exact) mass is 141 g/mol. The van der Waals surface area contributed by atoms with Gasteiger partial charge in [0.1, 0.15) is 6.10 Å². The Labute approximate surface area is 60.0 Å². The third-order valence-electron chi connectivity index (χ3n) is 2.16. The van der Waals surface area contributed by atoms with Gasteiger partial charge in [0.25, 0.3) is 0 Å². The minimum atomic E-state index is 0.314. The van der Waals surface area contributed by atoms with Crippen molar-refractivity contribution in [2.24, 2.45) is 11.1 Å². The molecule has 0 spiro atoms. The van der Waals surface area contributed by atoms with Crippen molar-refractivity contribution in [3.63, 3.8) is 0 Å². The highest BCUT2D eigenvalue weighted by Crippen LogP contribution is 2.24. The average Bonchev–Trinajstić information content (AvgIpc) is 2.34. The summed E-state index contributed by atoms with van der Waals surface area (Å²) in [6.45, 7) is 3.61. The van der Waals surface area contributed by atoms with Gasteiger partial charge in [-0.2, -0.15) is 0 Å². The summed E-state index contributed by atoms with van der Waals surface area (Å²) >= 11 is 0. The molecule has 1 saturated heterocycles. The highest BCUT2D eigenvalue weighted by atomic mass is 16.6. The van der Waals surface area contributed by atoms with Gasteiger partial charge in [0, 0.05) is 6.42 Å². The van der Waals surface area contributed by atoms with Crippen molar-refractivity contribution in [3.8, 4) is 0 Å². The van der Waals surface area contributed by atoms with Crippen LogP contribution >= 0.6 is 0 Å². The van der Waals surface area contributed by atoms with E-state index in [0.717, 1.165) is 25.3 Å². The number of ether oxygens (including phenoxy) is 1. The van der Waals surface area contributed by atoms with E-state index in [9.17, 15) is 0 Å². The SMILES string of the molecule is CC1=NO[C@@H]2CCOC[C@H]12. The van der Waals surface area contributed by atoms with Crippen LogP contribution in [0.3, 0.4) is 0 Å². The van der Waals surface area contributed by atoms with Gasteiger partial charge < -0.3 is 9.57 Å². The van der Waals surface area contributed by atoms with Gasteiger partial charge in [-0.25, -0.2) is 0 Å². The van der Waals surface area contributed by atoms with Crippen LogP contribution in [0.25, 0.3) is 0 Å². The quantitative estimate of drug-likeness (QED) is 0.499. The van der Waals surface area contributed by atoms with Crippen LogP contribution in [-0.4, -0.2) is 25.0 Å². The molecule has 0 N–H and O–H groups in total. The van der Waals surface area contributed by atoms with Crippen molar-refractivity contribution in [3.05, 3.63) is 0 Å². The predicted molar refractivity (Wildman–Crippen MR) is 36.9 cm³/mol. The number of oxime groups is 1. The normalized spacial score (nSPS) is 38.3. The fraction of sp³-hybridized carbons (Fsp3) is 0.857. The summed E-state index contributed by atoms with van der Waals surface area (Å²) < 4.78 is 5.29. The summed E-state index contributed by atoms with van der Waals surface area (Å²) in [6, 6.07) is 0. The highest BCUT2D eigenvalue weighted by Gasteiger charge is 2.34.